The first-order chi connectivity index (χ1) is 15.0. The number of para-hydroxylation sites is 1. The largest absolute Gasteiger partial charge is 0.360 e. The number of halogens is 3. The molecule has 7 nitrogen and oxygen atoms in total. The topological polar surface area (TPSA) is 92.3 Å². The van der Waals surface area contributed by atoms with E-state index in [2.05, 4.69) is 35.2 Å². The van der Waals surface area contributed by atoms with Crippen LogP contribution in [0.4, 0.5) is 19.0 Å². The number of nitrogens with one attached hydrogen (secondary N) is 2. The second kappa shape index (κ2) is 7.31. The fourth-order valence-corrected chi connectivity index (χ4v) is 3.41. The summed E-state index contributed by atoms with van der Waals surface area (Å²) in [6.45, 7) is 1.79. The van der Waals surface area contributed by atoms with E-state index in [1.807, 2.05) is 0 Å². The molecule has 0 saturated heterocycles. The summed E-state index contributed by atoms with van der Waals surface area (Å²) in [5.41, 5.74) is 2.06. The number of aromatic amines is 1. The molecule has 0 unspecified atom stereocenters. The average Bonchev–Trinajstić information content (AvgIpc) is 3.22. The summed E-state index contributed by atoms with van der Waals surface area (Å²) < 4.78 is 42.2. The Bertz CT molecular complexity index is 1410. The van der Waals surface area contributed by atoms with Crippen LogP contribution in [0.1, 0.15) is 18.7 Å². The van der Waals surface area contributed by atoms with Crippen LogP contribution in [0.5, 0.6) is 0 Å². The van der Waals surface area contributed by atoms with Crippen LogP contribution in [0.2, 0.25) is 0 Å². The van der Waals surface area contributed by atoms with Crippen LogP contribution in [-0.2, 0) is 0 Å². The molecule has 5 aromatic rings. The summed E-state index contributed by atoms with van der Waals surface area (Å²) in [6.07, 6.45) is 2.87. The lowest BCUT2D eigenvalue weighted by Crippen LogP contribution is -2.13. The van der Waals surface area contributed by atoms with Crippen molar-refractivity contribution in [2.45, 2.75) is 13.0 Å². The molecule has 0 aliphatic rings. The van der Waals surface area contributed by atoms with Crippen LogP contribution in [0.15, 0.2) is 49.1 Å². The van der Waals surface area contributed by atoms with E-state index in [1.165, 1.54) is 24.8 Å². The van der Waals surface area contributed by atoms with Gasteiger partial charge in [0.25, 0.3) is 0 Å². The third-order valence-corrected chi connectivity index (χ3v) is 4.79. The van der Waals surface area contributed by atoms with E-state index in [4.69, 9.17) is 0 Å². The zero-order valence-corrected chi connectivity index (χ0v) is 16.1. The molecule has 154 valence electrons. The second-order valence-electron chi connectivity index (χ2n) is 6.91. The first-order valence-corrected chi connectivity index (χ1v) is 9.33. The van der Waals surface area contributed by atoms with E-state index in [-0.39, 0.29) is 16.8 Å². The molecule has 5 rings (SSSR count). The third kappa shape index (κ3) is 3.41. The van der Waals surface area contributed by atoms with E-state index < -0.39 is 23.5 Å². The zero-order chi connectivity index (χ0) is 21.5. The van der Waals surface area contributed by atoms with Gasteiger partial charge in [-0.2, -0.15) is 0 Å². The molecule has 3 aromatic heterocycles. The Balaban J connectivity index is 1.68. The number of imidazole rings is 1. The summed E-state index contributed by atoms with van der Waals surface area (Å²) in [5.74, 6) is -1.68. The Morgan fingerprint density at radius 1 is 0.935 bits per heavy atom. The highest BCUT2D eigenvalue weighted by atomic mass is 19.1. The van der Waals surface area contributed by atoms with Crippen molar-refractivity contribution in [3.8, 4) is 11.3 Å². The van der Waals surface area contributed by atoms with Gasteiger partial charge in [-0.25, -0.2) is 38.1 Å². The van der Waals surface area contributed by atoms with Crippen molar-refractivity contribution >= 4 is 28.0 Å². The Morgan fingerprint density at radius 2 is 1.74 bits per heavy atom. The van der Waals surface area contributed by atoms with Gasteiger partial charge in [0.05, 0.1) is 29.3 Å². The van der Waals surface area contributed by atoms with Gasteiger partial charge in [0.15, 0.2) is 17.3 Å². The summed E-state index contributed by atoms with van der Waals surface area (Å²) in [6, 6.07) is 6.90. The van der Waals surface area contributed by atoms with E-state index >= 15 is 0 Å². The van der Waals surface area contributed by atoms with Crippen LogP contribution in [0.25, 0.3) is 33.5 Å². The van der Waals surface area contributed by atoms with Crippen LogP contribution >= 0.6 is 0 Å². The lowest BCUT2D eigenvalue weighted by molar-refractivity contribution is 0.584. The normalized spacial score (nSPS) is 12.4. The Labute approximate surface area is 173 Å². The molecule has 0 amide bonds. The van der Waals surface area contributed by atoms with Crippen molar-refractivity contribution in [1.29, 1.82) is 0 Å². The Hall–Kier alpha value is -4.08. The lowest BCUT2D eigenvalue weighted by atomic mass is 10.0. The molecule has 2 aromatic carbocycles. The molecule has 0 radical (unpaired) electrons. The van der Waals surface area contributed by atoms with Crippen molar-refractivity contribution in [2.75, 3.05) is 5.32 Å². The number of hydrogen-bond donors (Lipinski definition) is 2. The molecule has 0 bridgehead atoms. The fourth-order valence-electron chi connectivity index (χ4n) is 3.41. The van der Waals surface area contributed by atoms with Crippen molar-refractivity contribution in [3.05, 3.63) is 72.2 Å². The van der Waals surface area contributed by atoms with E-state index in [0.29, 0.717) is 28.2 Å². The lowest BCUT2D eigenvalue weighted by Gasteiger charge is -2.18. The van der Waals surface area contributed by atoms with Crippen LogP contribution < -0.4 is 5.32 Å². The fraction of sp³-hybridized carbons (Fsp3) is 0.0952. The van der Waals surface area contributed by atoms with E-state index in [9.17, 15) is 13.2 Å². The van der Waals surface area contributed by atoms with Gasteiger partial charge in [0.1, 0.15) is 29.0 Å². The van der Waals surface area contributed by atoms with Gasteiger partial charge in [-0.3, -0.25) is 0 Å². The number of aromatic nitrogens is 6. The maximum atomic E-state index is 14.4. The number of rotatable bonds is 4. The van der Waals surface area contributed by atoms with Crippen molar-refractivity contribution in [2.24, 2.45) is 0 Å². The highest BCUT2D eigenvalue weighted by Gasteiger charge is 2.21. The average molecular weight is 421 g/mol. The van der Waals surface area contributed by atoms with Gasteiger partial charge >= 0.3 is 0 Å². The highest BCUT2D eigenvalue weighted by molar-refractivity contribution is 5.83. The standard InChI is InChI=1S/C21H14F3N7/c1-10(29-21-19-20(26-8-25-19)27-9-28-21)16-17(11-5-12(22)7-13(23)6-11)31-18-14(24)3-2-4-15(18)30-16/h2-10H,1H3,(H2,25,26,27,28,29)/t10-/m0/s1. The SMILES string of the molecule is C[C@H](Nc1ncnc2[nH]cnc12)c1nc2cccc(F)c2nc1-c1cc(F)cc(F)c1. The van der Waals surface area contributed by atoms with Crippen LogP contribution in [0, 0.1) is 17.5 Å². The van der Waals surface area contributed by atoms with Gasteiger partial charge < -0.3 is 10.3 Å². The van der Waals surface area contributed by atoms with Crippen LogP contribution in [-0.4, -0.2) is 29.9 Å². The predicted molar refractivity (Wildman–Crippen MR) is 109 cm³/mol. The molecule has 1 atom stereocenters. The van der Waals surface area contributed by atoms with E-state index in [1.54, 1.807) is 13.0 Å². The summed E-state index contributed by atoms with van der Waals surface area (Å²) in [4.78, 5) is 24.3. The minimum absolute atomic E-state index is 0.00912. The number of hydrogen-bond acceptors (Lipinski definition) is 6. The highest BCUT2D eigenvalue weighted by Crippen LogP contribution is 2.31. The summed E-state index contributed by atoms with van der Waals surface area (Å²) in [5, 5.41) is 3.19. The quantitative estimate of drug-likeness (QED) is 0.442. The summed E-state index contributed by atoms with van der Waals surface area (Å²) >= 11 is 0. The molecule has 2 N–H and O–H groups in total. The van der Waals surface area contributed by atoms with Gasteiger partial charge in [0, 0.05) is 11.6 Å². The number of anilines is 1. The molecular weight excluding hydrogens is 407 g/mol. The number of benzene rings is 2. The predicted octanol–water partition coefficient (Wildman–Crippen LogP) is 4.55. The number of nitrogens with zero attached hydrogens (tertiary/aromatic N) is 5. The second-order valence-corrected chi connectivity index (χ2v) is 6.91. The molecule has 0 aliphatic carbocycles. The van der Waals surface area contributed by atoms with Crippen molar-refractivity contribution in [3.63, 3.8) is 0 Å². The molecule has 0 saturated carbocycles. The maximum absolute atomic E-state index is 14.4. The van der Waals surface area contributed by atoms with Crippen molar-refractivity contribution in [1.82, 2.24) is 29.9 Å². The third-order valence-electron chi connectivity index (χ3n) is 4.79. The molecule has 0 spiro atoms. The molecule has 0 fully saturated rings. The molecular formula is C21H14F3N7. The van der Waals surface area contributed by atoms with Gasteiger partial charge in [-0.1, -0.05) is 6.07 Å². The molecule has 3 heterocycles. The molecule has 31 heavy (non-hydrogen) atoms. The van der Waals surface area contributed by atoms with E-state index in [0.717, 1.165) is 18.2 Å². The maximum Gasteiger partial charge on any atom is 0.162 e. The first kappa shape index (κ1) is 18.9. The Kier molecular flexibility index (Phi) is 4.46. The first-order valence-electron chi connectivity index (χ1n) is 9.33. The van der Waals surface area contributed by atoms with Crippen molar-refractivity contribution < 1.29 is 13.2 Å². The molecule has 0 aliphatic heterocycles. The minimum atomic E-state index is -0.772. The minimum Gasteiger partial charge on any atom is -0.360 e. The molecule has 10 heteroatoms. The van der Waals surface area contributed by atoms with Gasteiger partial charge in [0.2, 0.25) is 0 Å². The van der Waals surface area contributed by atoms with Gasteiger partial charge in [-0.15, -0.1) is 0 Å². The zero-order valence-electron chi connectivity index (χ0n) is 16.1. The van der Waals surface area contributed by atoms with Gasteiger partial charge in [-0.05, 0) is 31.2 Å². The number of H-pyrrole nitrogens is 1. The summed E-state index contributed by atoms with van der Waals surface area (Å²) in [7, 11) is 0. The van der Waals surface area contributed by atoms with Crippen LogP contribution in [0.3, 0.4) is 0 Å². The Morgan fingerprint density at radius 3 is 2.55 bits per heavy atom. The smallest absolute Gasteiger partial charge is 0.162 e. The monoisotopic (exact) mass is 421 g/mol. The number of fused-ring (bicyclic) bond motifs is 2.